The van der Waals surface area contributed by atoms with Crippen molar-refractivity contribution in [3.63, 3.8) is 0 Å². The molecule has 0 atom stereocenters. The molecule has 0 saturated carbocycles. The first-order valence-corrected chi connectivity index (χ1v) is 7.42. The van der Waals surface area contributed by atoms with Gasteiger partial charge in [0.15, 0.2) is 0 Å². The van der Waals surface area contributed by atoms with Crippen molar-refractivity contribution in [2.75, 3.05) is 25.0 Å². The number of aliphatic hydroxyl groups excluding tert-OH is 1. The van der Waals surface area contributed by atoms with Gasteiger partial charge in [0.05, 0.1) is 0 Å². The molecule has 0 bridgehead atoms. The Balaban J connectivity index is 2.68. The van der Waals surface area contributed by atoms with E-state index >= 15 is 0 Å². The zero-order chi connectivity index (χ0) is 15.7. The number of hydrogen-bond acceptors (Lipinski definition) is 3. The third-order valence-corrected chi connectivity index (χ3v) is 3.26. The van der Waals surface area contributed by atoms with E-state index in [0.29, 0.717) is 43.6 Å². The van der Waals surface area contributed by atoms with Gasteiger partial charge < -0.3 is 15.3 Å². The molecule has 0 radical (unpaired) electrons. The number of anilines is 1. The molecule has 1 aromatic carbocycles. The van der Waals surface area contributed by atoms with Crippen molar-refractivity contribution in [2.24, 2.45) is 0 Å². The lowest BCUT2D eigenvalue weighted by Crippen LogP contribution is -2.30. The van der Waals surface area contributed by atoms with Gasteiger partial charge >= 0.3 is 0 Å². The van der Waals surface area contributed by atoms with E-state index in [1.54, 1.807) is 29.2 Å². The number of hydrogen-bond donors (Lipinski definition) is 2. The maximum atomic E-state index is 12.2. The molecule has 0 aliphatic heterocycles. The van der Waals surface area contributed by atoms with Crippen LogP contribution in [0, 0.1) is 0 Å². The number of carbonyl (C=O) groups excluding carboxylic acids is 2. The van der Waals surface area contributed by atoms with Gasteiger partial charge in [0, 0.05) is 37.4 Å². The maximum absolute atomic E-state index is 12.2. The number of unbranched alkanes of at least 4 members (excludes halogenated alkanes) is 1. The van der Waals surface area contributed by atoms with E-state index in [0.717, 1.165) is 0 Å². The van der Waals surface area contributed by atoms with Crippen LogP contribution >= 0.6 is 0 Å². The Morgan fingerprint density at radius 2 is 1.90 bits per heavy atom. The standard InChI is InChI=1S/C16H24N2O3/c1-3-18(4-2)16(21)13-8-7-9-14(12-13)17-15(20)10-5-6-11-19/h7-9,12,19H,3-6,10-11H2,1-2H3,(H,17,20). The minimum absolute atomic E-state index is 0.0311. The van der Waals surface area contributed by atoms with E-state index in [-0.39, 0.29) is 18.4 Å². The van der Waals surface area contributed by atoms with Gasteiger partial charge in [-0.3, -0.25) is 9.59 Å². The molecule has 0 aliphatic rings. The van der Waals surface area contributed by atoms with Crippen LogP contribution in [0.3, 0.4) is 0 Å². The highest BCUT2D eigenvalue weighted by Crippen LogP contribution is 2.13. The minimum atomic E-state index is -0.101. The van der Waals surface area contributed by atoms with Crippen molar-refractivity contribution in [2.45, 2.75) is 33.1 Å². The van der Waals surface area contributed by atoms with Crippen molar-refractivity contribution < 1.29 is 14.7 Å². The highest BCUT2D eigenvalue weighted by Gasteiger charge is 2.13. The quantitative estimate of drug-likeness (QED) is 0.722. The van der Waals surface area contributed by atoms with E-state index in [1.165, 1.54) is 0 Å². The van der Waals surface area contributed by atoms with Gasteiger partial charge in [-0.15, -0.1) is 0 Å². The summed E-state index contributed by atoms with van der Waals surface area (Å²) in [6.45, 7) is 5.30. The van der Waals surface area contributed by atoms with Crippen LogP contribution in [0.1, 0.15) is 43.5 Å². The Bertz CT molecular complexity index is 470. The zero-order valence-electron chi connectivity index (χ0n) is 12.8. The van der Waals surface area contributed by atoms with Gasteiger partial charge in [0.25, 0.3) is 5.91 Å². The predicted molar refractivity (Wildman–Crippen MR) is 83.3 cm³/mol. The Labute approximate surface area is 126 Å². The number of rotatable bonds is 8. The Kier molecular flexibility index (Phi) is 7.46. The summed E-state index contributed by atoms with van der Waals surface area (Å²) in [5.41, 5.74) is 1.20. The first-order valence-electron chi connectivity index (χ1n) is 7.42. The monoisotopic (exact) mass is 292 g/mol. The fourth-order valence-corrected chi connectivity index (χ4v) is 2.04. The van der Waals surface area contributed by atoms with Crippen molar-refractivity contribution >= 4 is 17.5 Å². The molecule has 0 aromatic heterocycles. The van der Waals surface area contributed by atoms with Crippen LogP contribution in [0.5, 0.6) is 0 Å². The van der Waals surface area contributed by atoms with Crippen LogP contribution in [-0.2, 0) is 4.79 Å². The van der Waals surface area contributed by atoms with Crippen LogP contribution < -0.4 is 5.32 Å². The molecule has 1 rings (SSSR count). The highest BCUT2D eigenvalue weighted by atomic mass is 16.3. The van der Waals surface area contributed by atoms with Crippen molar-refractivity contribution in [1.29, 1.82) is 0 Å². The van der Waals surface area contributed by atoms with E-state index in [9.17, 15) is 9.59 Å². The third-order valence-electron chi connectivity index (χ3n) is 3.26. The summed E-state index contributed by atoms with van der Waals surface area (Å²) in [4.78, 5) is 25.7. The second-order valence-corrected chi connectivity index (χ2v) is 4.79. The molecule has 1 aromatic rings. The summed E-state index contributed by atoms with van der Waals surface area (Å²) in [5, 5.41) is 11.5. The van der Waals surface area contributed by atoms with Crippen LogP contribution in [0.2, 0.25) is 0 Å². The number of carbonyl (C=O) groups is 2. The molecule has 0 heterocycles. The van der Waals surface area contributed by atoms with Crippen LogP contribution in [-0.4, -0.2) is 41.5 Å². The molecular formula is C16H24N2O3. The SMILES string of the molecule is CCN(CC)C(=O)c1cccc(NC(=O)CCCCO)c1. The van der Waals surface area contributed by atoms with Gasteiger partial charge in [-0.05, 0) is 44.9 Å². The summed E-state index contributed by atoms with van der Waals surface area (Å²) in [6.07, 6.45) is 1.64. The lowest BCUT2D eigenvalue weighted by atomic mass is 10.1. The Morgan fingerprint density at radius 1 is 1.19 bits per heavy atom. The summed E-state index contributed by atoms with van der Waals surface area (Å²) in [7, 11) is 0. The number of nitrogens with zero attached hydrogens (tertiary/aromatic N) is 1. The number of benzene rings is 1. The summed E-state index contributed by atoms with van der Waals surface area (Å²) < 4.78 is 0. The predicted octanol–water partition coefficient (Wildman–Crippen LogP) is 2.27. The molecule has 0 saturated heterocycles. The number of aliphatic hydroxyl groups is 1. The van der Waals surface area contributed by atoms with Crippen LogP contribution in [0.25, 0.3) is 0 Å². The molecule has 0 unspecified atom stereocenters. The lowest BCUT2D eigenvalue weighted by Gasteiger charge is -2.19. The van der Waals surface area contributed by atoms with E-state index in [4.69, 9.17) is 5.11 Å². The average Bonchev–Trinajstić information content (AvgIpc) is 2.49. The fraction of sp³-hybridized carbons (Fsp3) is 0.500. The van der Waals surface area contributed by atoms with Gasteiger partial charge in [0.1, 0.15) is 0 Å². The molecular weight excluding hydrogens is 268 g/mol. The van der Waals surface area contributed by atoms with Gasteiger partial charge in [-0.2, -0.15) is 0 Å². The zero-order valence-corrected chi connectivity index (χ0v) is 12.8. The second kappa shape index (κ2) is 9.13. The van der Waals surface area contributed by atoms with E-state index in [2.05, 4.69) is 5.32 Å². The fourth-order valence-electron chi connectivity index (χ4n) is 2.04. The number of nitrogens with one attached hydrogen (secondary N) is 1. The van der Waals surface area contributed by atoms with E-state index < -0.39 is 0 Å². The second-order valence-electron chi connectivity index (χ2n) is 4.79. The molecule has 5 heteroatoms. The summed E-state index contributed by atoms with van der Waals surface area (Å²) in [5.74, 6) is -0.132. The van der Waals surface area contributed by atoms with Crippen LogP contribution in [0.15, 0.2) is 24.3 Å². The van der Waals surface area contributed by atoms with Crippen molar-refractivity contribution in [3.8, 4) is 0 Å². The molecule has 0 aliphatic carbocycles. The highest BCUT2D eigenvalue weighted by molar-refractivity contribution is 5.97. The van der Waals surface area contributed by atoms with Crippen molar-refractivity contribution in [1.82, 2.24) is 4.90 Å². The normalized spacial score (nSPS) is 10.2. The molecule has 0 spiro atoms. The molecule has 21 heavy (non-hydrogen) atoms. The van der Waals surface area contributed by atoms with Gasteiger partial charge in [-0.25, -0.2) is 0 Å². The molecule has 116 valence electrons. The summed E-state index contributed by atoms with van der Waals surface area (Å²) >= 11 is 0. The third kappa shape index (κ3) is 5.55. The molecule has 0 fully saturated rings. The van der Waals surface area contributed by atoms with E-state index in [1.807, 2.05) is 13.8 Å². The van der Waals surface area contributed by atoms with Crippen molar-refractivity contribution in [3.05, 3.63) is 29.8 Å². The van der Waals surface area contributed by atoms with Gasteiger partial charge in [0.2, 0.25) is 5.91 Å². The smallest absolute Gasteiger partial charge is 0.253 e. The summed E-state index contributed by atoms with van der Waals surface area (Å²) in [6, 6.07) is 6.98. The first kappa shape index (κ1) is 17.2. The molecule has 5 nitrogen and oxygen atoms in total. The lowest BCUT2D eigenvalue weighted by molar-refractivity contribution is -0.116. The topological polar surface area (TPSA) is 69.6 Å². The molecule has 2 amide bonds. The first-order chi connectivity index (χ1) is 10.1. The van der Waals surface area contributed by atoms with Crippen LogP contribution in [0.4, 0.5) is 5.69 Å². The largest absolute Gasteiger partial charge is 0.396 e. The Morgan fingerprint density at radius 3 is 2.52 bits per heavy atom. The molecule has 2 N–H and O–H groups in total. The maximum Gasteiger partial charge on any atom is 0.253 e. The Hall–Kier alpha value is -1.88. The van der Waals surface area contributed by atoms with Gasteiger partial charge in [-0.1, -0.05) is 6.07 Å². The minimum Gasteiger partial charge on any atom is -0.396 e. The average molecular weight is 292 g/mol. The number of amides is 2.